The first-order valence-corrected chi connectivity index (χ1v) is 6.22. The number of unbranched alkanes of at least 4 members (excludes halogenated alkanes) is 1. The van der Waals surface area contributed by atoms with Crippen molar-refractivity contribution in [2.75, 3.05) is 13.1 Å². The molecule has 20 heavy (non-hydrogen) atoms. The molecule has 0 aromatic carbocycles. The number of aromatic nitrogens is 1. The molecule has 7 heteroatoms. The van der Waals surface area contributed by atoms with Crippen LogP contribution in [0.15, 0.2) is 18.3 Å². The van der Waals surface area contributed by atoms with Gasteiger partial charge in [-0.1, -0.05) is 13.3 Å². The fraction of sp³-hybridized carbons (Fsp3) is 0.385. The number of aromatic carboxylic acids is 1. The van der Waals surface area contributed by atoms with Crippen molar-refractivity contribution >= 4 is 17.8 Å². The third kappa shape index (κ3) is 4.34. The molecule has 0 bridgehead atoms. The van der Waals surface area contributed by atoms with Crippen molar-refractivity contribution in [3.8, 4) is 0 Å². The molecule has 108 valence electrons. The lowest BCUT2D eigenvalue weighted by Crippen LogP contribution is -2.39. The van der Waals surface area contributed by atoms with E-state index in [1.807, 2.05) is 6.92 Å². The third-order valence-electron chi connectivity index (χ3n) is 2.65. The maximum Gasteiger partial charge on any atom is 0.337 e. The fourth-order valence-corrected chi connectivity index (χ4v) is 1.60. The van der Waals surface area contributed by atoms with Gasteiger partial charge in [0.1, 0.15) is 5.69 Å². The van der Waals surface area contributed by atoms with E-state index >= 15 is 0 Å². The molecule has 0 aliphatic rings. The number of nitrogens with two attached hydrogens (primary N) is 1. The summed E-state index contributed by atoms with van der Waals surface area (Å²) in [5.41, 5.74) is 5.20. The summed E-state index contributed by atoms with van der Waals surface area (Å²) in [7, 11) is 0. The van der Waals surface area contributed by atoms with Gasteiger partial charge in [0, 0.05) is 12.7 Å². The number of amides is 2. The minimum absolute atomic E-state index is 0.00319. The Morgan fingerprint density at radius 2 is 2.05 bits per heavy atom. The molecule has 2 amide bonds. The molecule has 3 N–H and O–H groups in total. The van der Waals surface area contributed by atoms with Crippen LogP contribution in [-0.4, -0.2) is 45.9 Å². The second-order valence-corrected chi connectivity index (χ2v) is 4.28. The molecule has 0 atom stereocenters. The monoisotopic (exact) mass is 279 g/mol. The third-order valence-corrected chi connectivity index (χ3v) is 2.65. The molecule has 1 rings (SSSR count). The molecule has 7 nitrogen and oxygen atoms in total. The van der Waals surface area contributed by atoms with E-state index in [0.717, 1.165) is 19.0 Å². The van der Waals surface area contributed by atoms with Crippen LogP contribution in [0.5, 0.6) is 0 Å². The first kappa shape index (κ1) is 15.6. The van der Waals surface area contributed by atoms with E-state index in [1.165, 1.54) is 17.0 Å². The maximum absolute atomic E-state index is 12.2. The summed E-state index contributed by atoms with van der Waals surface area (Å²) in [6.45, 7) is 2.19. The first-order valence-electron chi connectivity index (χ1n) is 6.22. The molecular weight excluding hydrogens is 262 g/mol. The largest absolute Gasteiger partial charge is 0.478 e. The Balaban J connectivity index is 2.87. The van der Waals surface area contributed by atoms with Gasteiger partial charge < -0.3 is 15.7 Å². The highest BCUT2D eigenvalue weighted by molar-refractivity contribution is 5.95. The quantitative estimate of drug-likeness (QED) is 0.754. The van der Waals surface area contributed by atoms with Crippen LogP contribution in [0.4, 0.5) is 0 Å². The van der Waals surface area contributed by atoms with Gasteiger partial charge in [0.2, 0.25) is 5.91 Å². The molecule has 0 saturated carbocycles. The van der Waals surface area contributed by atoms with E-state index in [4.69, 9.17) is 10.8 Å². The number of primary amides is 1. The molecule has 0 spiro atoms. The Hall–Kier alpha value is -2.44. The number of carbonyl (C=O) groups excluding carboxylic acids is 2. The number of hydrogen-bond acceptors (Lipinski definition) is 4. The Morgan fingerprint density at radius 1 is 1.35 bits per heavy atom. The van der Waals surface area contributed by atoms with Crippen molar-refractivity contribution in [3.05, 3.63) is 29.6 Å². The zero-order chi connectivity index (χ0) is 15.1. The SMILES string of the molecule is CCCCN(CC(N)=O)C(=O)c1ccc(C(=O)O)cn1. The van der Waals surface area contributed by atoms with Crippen LogP contribution < -0.4 is 5.73 Å². The molecule has 1 aromatic rings. The van der Waals surface area contributed by atoms with Gasteiger partial charge in [0.15, 0.2) is 0 Å². The molecule has 0 saturated heterocycles. The highest BCUT2D eigenvalue weighted by atomic mass is 16.4. The first-order chi connectivity index (χ1) is 9.45. The Labute approximate surface area is 116 Å². The van der Waals surface area contributed by atoms with E-state index in [1.54, 1.807) is 0 Å². The van der Waals surface area contributed by atoms with Crippen molar-refractivity contribution in [1.29, 1.82) is 0 Å². The predicted molar refractivity (Wildman–Crippen MR) is 71.2 cm³/mol. The Morgan fingerprint density at radius 3 is 2.50 bits per heavy atom. The molecule has 0 fully saturated rings. The van der Waals surface area contributed by atoms with Crippen LogP contribution in [0.1, 0.15) is 40.6 Å². The number of carboxylic acids is 1. The molecule has 1 heterocycles. The smallest absolute Gasteiger partial charge is 0.337 e. The van der Waals surface area contributed by atoms with E-state index in [2.05, 4.69) is 4.98 Å². The number of nitrogens with zero attached hydrogens (tertiary/aromatic N) is 2. The van der Waals surface area contributed by atoms with Crippen molar-refractivity contribution in [2.24, 2.45) is 5.73 Å². The van der Waals surface area contributed by atoms with Crippen molar-refractivity contribution in [1.82, 2.24) is 9.88 Å². The van der Waals surface area contributed by atoms with Crippen molar-refractivity contribution in [2.45, 2.75) is 19.8 Å². The molecular formula is C13H17N3O4. The van der Waals surface area contributed by atoms with Crippen LogP contribution in [0.3, 0.4) is 0 Å². The topological polar surface area (TPSA) is 114 Å². The van der Waals surface area contributed by atoms with E-state index < -0.39 is 17.8 Å². The maximum atomic E-state index is 12.2. The lowest BCUT2D eigenvalue weighted by Gasteiger charge is -2.20. The van der Waals surface area contributed by atoms with Gasteiger partial charge >= 0.3 is 5.97 Å². The average molecular weight is 279 g/mol. The summed E-state index contributed by atoms with van der Waals surface area (Å²) in [5.74, 6) is -2.15. The number of hydrogen-bond donors (Lipinski definition) is 2. The van der Waals surface area contributed by atoms with Gasteiger partial charge in [0.25, 0.3) is 5.91 Å². The average Bonchev–Trinajstić information content (AvgIpc) is 2.42. The second kappa shape index (κ2) is 7.22. The Bertz CT molecular complexity index is 499. The minimum Gasteiger partial charge on any atom is -0.478 e. The highest BCUT2D eigenvalue weighted by Gasteiger charge is 2.18. The predicted octanol–water partition coefficient (Wildman–Crippen LogP) is 0.507. The molecule has 0 unspecified atom stereocenters. The van der Waals surface area contributed by atoms with E-state index in [-0.39, 0.29) is 17.8 Å². The lowest BCUT2D eigenvalue weighted by atomic mass is 10.2. The number of pyridine rings is 1. The van der Waals surface area contributed by atoms with Gasteiger partial charge in [0.05, 0.1) is 12.1 Å². The highest BCUT2D eigenvalue weighted by Crippen LogP contribution is 2.06. The number of rotatable bonds is 7. The zero-order valence-corrected chi connectivity index (χ0v) is 11.2. The Kier molecular flexibility index (Phi) is 5.64. The van der Waals surface area contributed by atoms with E-state index in [0.29, 0.717) is 6.54 Å². The van der Waals surface area contributed by atoms with Gasteiger partial charge in [-0.2, -0.15) is 0 Å². The fourth-order valence-electron chi connectivity index (χ4n) is 1.60. The van der Waals surface area contributed by atoms with Crippen LogP contribution in [-0.2, 0) is 4.79 Å². The molecule has 0 aliphatic heterocycles. The van der Waals surface area contributed by atoms with Gasteiger partial charge in [-0.3, -0.25) is 14.6 Å². The van der Waals surface area contributed by atoms with Crippen molar-refractivity contribution in [3.63, 3.8) is 0 Å². The van der Waals surface area contributed by atoms with Crippen molar-refractivity contribution < 1.29 is 19.5 Å². The lowest BCUT2D eigenvalue weighted by molar-refractivity contribution is -0.118. The summed E-state index contributed by atoms with van der Waals surface area (Å²) in [4.78, 5) is 39.0. The number of carbonyl (C=O) groups is 3. The second-order valence-electron chi connectivity index (χ2n) is 4.28. The van der Waals surface area contributed by atoms with Crippen LogP contribution in [0.2, 0.25) is 0 Å². The van der Waals surface area contributed by atoms with E-state index in [9.17, 15) is 14.4 Å². The normalized spacial score (nSPS) is 10.1. The number of carboxylic acid groups (broad SMARTS) is 1. The summed E-state index contributed by atoms with van der Waals surface area (Å²) < 4.78 is 0. The standard InChI is InChI=1S/C13H17N3O4/c1-2-3-6-16(8-11(14)17)12(18)10-5-4-9(7-15-10)13(19)20/h4-5,7H,2-3,6,8H2,1H3,(H2,14,17)(H,19,20). The summed E-state index contributed by atoms with van der Waals surface area (Å²) >= 11 is 0. The molecule has 0 aliphatic carbocycles. The molecule has 1 aromatic heterocycles. The summed E-state index contributed by atoms with van der Waals surface area (Å²) in [6, 6.07) is 2.62. The van der Waals surface area contributed by atoms with Gasteiger partial charge in [-0.25, -0.2) is 4.79 Å². The van der Waals surface area contributed by atoms with Gasteiger partial charge in [-0.15, -0.1) is 0 Å². The van der Waals surface area contributed by atoms with Gasteiger partial charge in [-0.05, 0) is 18.6 Å². The molecule has 0 radical (unpaired) electrons. The van der Waals surface area contributed by atoms with Crippen LogP contribution >= 0.6 is 0 Å². The summed E-state index contributed by atoms with van der Waals surface area (Å²) in [5, 5.41) is 8.76. The van der Waals surface area contributed by atoms with Crippen LogP contribution in [0, 0.1) is 0 Å². The zero-order valence-electron chi connectivity index (χ0n) is 11.2. The van der Waals surface area contributed by atoms with Crippen LogP contribution in [0.25, 0.3) is 0 Å². The minimum atomic E-state index is -1.11. The summed E-state index contributed by atoms with van der Waals surface area (Å²) in [6.07, 6.45) is 2.72.